The van der Waals surface area contributed by atoms with Gasteiger partial charge in [-0.3, -0.25) is 0 Å². The molecule has 0 aromatic rings. The lowest BCUT2D eigenvalue weighted by Crippen LogP contribution is -2.44. The number of ether oxygens (including phenoxy) is 2. The fourth-order valence-electron chi connectivity index (χ4n) is 3.85. The molecule has 0 unspecified atom stereocenters. The van der Waals surface area contributed by atoms with Crippen LogP contribution in [0.15, 0.2) is 0 Å². The molecule has 3 rings (SSSR count). The Kier molecular flexibility index (Phi) is 2.54. The first-order valence-electron chi connectivity index (χ1n) is 6.59. The predicted molar refractivity (Wildman–Crippen MR) is 59.9 cm³/mol. The van der Waals surface area contributed by atoms with Crippen molar-refractivity contribution in [1.29, 1.82) is 0 Å². The largest absolute Gasteiger partial charge is 0.393 e. The lowest BCUT2D eigenvalue weighted by molar-refractivity contribution is -0.146. The Balaban J connectivity index is 1.74. The van der Waals surface area contributed by atoms with E-state index in [1.807, 2.05) is 13.8 Å². The minimum Gasteiger partial charge on any atom is -0.393 e. The topological polar surface area (TPSA) is 38.7 Å². The fourth-order valence-corrected chi connectivity index (χ4v) is 3.85. The van der Waals surface area contributed by atoms with E-state index in [1.54, 1.807) is 0 Å². The van der Waals surface area contributed by atoms with Crippen molar-refractivity contribution >= 4 is 0 Å². The molecule has 1 N–H and O–H groups in total. The van der Waals surface area contributed by atoms with E-state index >= 15 is 0 Å². The van der Waals surface area contributed by atoms with E-state index in [-0.39, 0.29) is 18.3 Å². The summed E-state index contributed by atoms with van der Waals surface area (Å²) in [5, 5.41) is 10.1. The maximum Gasteiger partial charge on any atom is 0.163 e. The Morgan fingerprint density at radius 1 is 1.06 bits per heavy atom. The van der Waals surface area contributed by atoms with Crippen LogP contribution in [0.3, 0.4) is 0 Å². The summed E-state index contributed by atoms with van der Waals surface area (Å²) in [7, 11) is 0. The predicted octanol–water partition coefficient (Wildman–Crippen LogP) is 2.08. The molecule has 1 heterocycles. The van der Waals surface area contributed by atoms with Gasteiger partial charge in [-0.2, -0.15) is 0 Å². The van der Waals surface area contributed by atoms with Crippen LogP contribution in [0.2, 0.25) is 0 Å². The highest BCUT2D eigenvalue weighted by Gasteiger charge is 2.49. The van der Waals surface area contributed by atoms with Gasteiger partial charge in [0.2, 0.25) is 0 Å². The van der Waals surface area contributed by atoms with Crippen molar-refractivity contribution in [2.24, 2.45) is 11.8 Å². The molecule has 92 valence electrons. The number of rotatable bonds is 0. The van der Waals surface area contributed by atoms with Gasteiger partial charge in [-0.1, -0.05) is 6.42 Å². The van der Waals surface area contributed by atoms with Crippen molar-refractivity contribution in [2.45, 2.75) is 70.1 Å². The van der Waals surface area contributed by atoms with Gasteiger partial charge in [0.15, 0.2) is 5.79 Å². The molecule has 2 saturated carbocycles. The molecule has 0 spiro atoms. The third kappa shape index (κ3) is 1.79. The molecule has 5 atom stereocenters. The number of hydrogen-bond donors (Lipinski definition) is 1. The molecule has 0 aromatic heterocycles. The molecule has 3 heteroatoms. The van der Waals surface area contributed by atoms with E-state index in [0.29, 0.717) is 11.8 Å². The quantitative estimate of drug-likeness (QED) is 0.687. The van der Waals surface area contributed by atoms with Gasteiger partial charge in [-0.05, 0) is 51.4 Å². The van der Waals surface area contributed by atoms with Crippen LogP contribution in [0.4, 0.5) is 0 Å². The third-order valence-electron chi connectivity index (χ3n) is 4.50. The van der Waals surface area contributed by atoms with E-state index in [0.717, 1.165) is 19.3 Å². The Morgan fingerprint density at radius 3 is 2.50 bits per heavy atom. The smallest absolute Gasteiger partial charge is 0.163 e. The van der Waals surface area contributed by atoms with Gasteiger partial charge in [0.1, 0.15) is 0 Å². The molecule has 0 amide bonds. The summed E-state index contributed by atoms with van der Waals surface area (Å²) in [5.41, 5.74) is 0. The first-order chi connectivity index (χ1) is 7.55. The third-order valence-corrected chi connectivity index (χ3v) is 4.50. The van der Waals surface area contributed by atoms with Crippen LogP contribution in [0, 0.1) is 11.8 Å². The molecule has 3 nitrogen and oxygen atoms in total. The molecule has 1 saturated heterocycles. The van der Waals surface area contributed by atoms with Gasteiger partial charge in [-0.15, -0.1) is 0 Å². The minimum absolute atomic E-state index is 0.105. The average molecular weight is 226 g/mol. The summed E-state index contributed by atoms with van der Waals surface area (Å²) in [4.78, 5) is 0. The first kappa shape index (κ1) is 11.0. The lowest BCUT2D eigenvalue weighted by Gasteiger charge is -2.42. The summed E-state index contributed by atoms with van der Waals surface area (Å²) < 4.78 is 11.8. The highest BCUT2D eigenvalue weighted by molar-refractivity contribution is 4.96. The molecule has 0 radical (unpaired) electrons. The maximum atomic E-state index is 10.1. The highest BCUT2D eigenvalue weighted by Crippen LogP contribution is 2.46. The van der Waals surface area contributed by atoms with Gasteiger partial charge in [0, 0.05) is 0 Å². The summed E-state index contributed by atoms with van der Waals surface area (Å²) in [6, 6.07) is 0. The zero-order valence-corrected chi connectivity index (χ0v) is 10.2. The van der Waals surface area contributed by atoms with E-state index in [2.05, 4.69) is 0 Å². The number of fused-ring (bicyclic) bond motifs is 2. The normalized spacial score (nSPS) is 50.8. The van der Waals surface area contributed by atoms with Crippen molar-refractivity contribution < 1.29 is 14.6 Å². The Labute approximate surface area is 97.1 Å². The van der Waals surface area contributed by atoms with Crippen molar-refractivity contribution in [3.63, 3.8) is 0 Å². The molecule has 0 bridgehead atoms. The molecule has 3 aliphatic rings. The molecule has 3 fully saturated rings. The van der Waals surface area contributed by atoms with Crippen molar-refractivity contribution in [1.82, 2.24) is 0 Å². The second-order valence-corrected chi connectivity index (χ2v) is 6.11. The van der Waals surface area contributed by atoms with Crippen molar-refractivity contribution in [2.75, 3.05) is 0 Å². The number of aliphatic hydroxyl groups is 1. The van der Waals surface area contributed by atoms with Gasteiger partial charge < -0.3 is 14.6 Å². The first-order valence-corrected chi connectivity index (χ1v) is 6.59. The maximum absolute atomic E-state index is 10.1. The highest BCUT2D eigenvalue weighted by atomic mass is 16.7. The molecular formula is C13H22O3. The summed E-state index contributed by atoms with van der Waals surface area (Å²) >= 11 is 0. The van der Waals surface area contributed by atoms with E-state index in [4.69, 9.17) is 9.47 Å². The van der Waals surface area contributed by atoms with Crippen molar-refractivity contribution in [3.05, 3.63) is 0 Å². The Bertz CT molecular complexity index is 276. The Morgan fingerprint density at radius 2 is 1.75 bits per heavy atom. The van der Waals surface area contributed by atoms with Crippen LogP contribution in [0.25, 0.3) is 0 Å². The lowest BCUT2D eigenvalue weighted by atomic mass is 9.68. The van der Waals surface area contributed by atoms with Gasteiger partial charge in [0.25, 0.3) is 0 Å². The van der Waals surface area contributed by atoms with Crippen LogP contribution in [0.5, 0.6) is 0 Å². The van der Waals surface area contributed by atoms with Gasteiger partial charge >= 0.3 is 0 Å². The van der Waals surface area contributed by atoms with Crippen LogP contribution in [0.1, 0.15) is 46.0 Å². The van der Waals surface area contributed by atoms with E-state index in [9.17, 15) is 5.11 Å². The molecular weight excluding hydrogens is 204 g/mol. The van der Waals surface area contributed by atoms with Crippen LogP contribution < -0.4 is 0 Å². The fraction of sp³-hybridized carbons (Fsp3) is 1.00. The number of aliphatic hydroxyl groups excluding tert-OH is 1. The zero-order chi connectivity index (χ0) is 11.3. The zero-order valence-electron chi connectivity index (χ0n) is 10.2. The number of hydrogen-bond acceptors (Lipinski definition) is 3. The van der Waals surface area contributed by atoms with E-state index < -0.39 is 5.79 Å². The SMILES string of the molecule is CC1(C)O[C@H]2C[C@H]3[C@H](CCC[C@@H]3O)C[C@H]2O1. The second kappa shape index (κ2) is 3.69. The average Bonchev–Trinajstić information content (AvgIpc) is 2.48. The van der Waals surface area contributed by atoms with Crippen LogP contribution >= 0.6 is 0 Å². The summed E-state index contributed by atoms with van der Waals surface area (Å²) in [6.45, 7) is 3.98. The summed E-state index contributed by atoms with van der Waals surface area (Å²) in [5.74, 6) is 0.684. The molecule has 1 aliphatic heterocycles. The van der Waals surface area contributed by atoms with Crippen molar-refractivity contribution in [3.8, 4) is 0 Å². The minimum atomic E-state index is -0.423. The van der Waals surface area contributed by atoms with Crippen LogP contribution in [-0.2, 0) is 9.47 Å². The molecule has 0 aromatic carbocycles. The van der Waals surface area contributed by atoms with Crippen LogP contribution in [-0.4, -0.2) is 29.2 Å². The van der Waals surface area contributed by atoms with Gasteiger partial charge in [-0.25, -0.2) is 0 Å². The standard InChI is InChI=1S/C13H22O3/c1-13(2)15-11-6-8-4-3-5-10(14)9(8)7-12(11)16-13/h8-12,14H,3-7H2,1-2H3/t8-,9+,10+,11-,12+/m1/s1. The Hall–Kier alpha value is -0.120. The van der Waals surface area contributed by atoms with Gasteiger partial charge in [0.05, 0.1) is 18.3 Å². The molecule has 2 aliphatic carbocycles. The second-order valence-electron chi connectivity index (χ2n) is 6.11. The summed E-state index contributed by atoms with van der Waals surface area (Å²) in [6.07, 6.45) is 5.84. The monoisotopic (exact) mass is 226 g/mol. The molecule has 16 heavy (non-hydrogen) atoms. The van der Waals surface area contributed by atoms with E-state index in [1.165, 1.54) is 12.8 Å².